The van der Waals surface area contributed by atoms with Gasteiger partial charge in [-0.15, -0.1) is 32.9 Å². The first kappa shape index (κ1) is 18.8. The Kier molecular flexibility index (Phi) is 5.39. The molecule has 0 atom stereocenters. The van der Waals surface area contributed by atoms with Gasteiger partial charge in [-0.05, 0) is 42.8 Å². The minimum atomic E-state index is 0.566. The lowest BCUT2D eigenvalue weighted by atomic mass is 10.2. The molecule has 0 aliphatic heterocycles. The molecule has 0 saturated heterocycles. The van der Waals surface area contributed by atoms with Crippen LogP contribution in [0.5, 0.6) is 0 Å². The Morgan fingerprint density at radius 2 is 2.03 bits per heavy atom. The Morgan fingerprint density at radius 1 is 1.14 bits per heavy atom. The van der Waals surface area contributed by atoms with E-state index >= 15 is 0 Å². The molecule has 5 rings (SSSR count). The Hall–Kier alpha value is -2.16. The Labute approximate surface area is 182 Å². The van der Waals surface area contributed by atoms with Crippen LogP contribution in [0.25, 0.3) is 0 Å². The monoisotopic (exact) mass is 439 g/mol. The lowest BCUT2D eigenvalue weighted by Crippen LogP contribution is -2.03. The molecule has 3 heterocycles. The van der Waals surface area contributed by atoms with Crippen LogP contribution in [0.4, 0.5) is 10.8 Å². The van der Waals surface area contributed by atoms with Crippen LogP contribution in [0.1, 0.15) is 40.8 Å². The molecule has 1 saturated carbocycles. The van der Waals surface area contributed by atoms with Crippen molar-refractivity contribution in [1.82, 2.24) is 19.7 Å². The molecule has 29 heavy (non-hydrogen) atoms. The molecule has 8 heteroatoms. The van der Waals surface area contributed by atoms with Crippen LogP contribution in [-0.4, -0.2) is 19.7 Å². The molecule has 1 aliphatic rings. The summed E-state index contributed by atoms with van der Waals surface area (Å²) in [5.41, 5.74) is 3.39. The van der Waals surface area contributed by atoms with Gasteiger partial charge in [-0.25, -0.2) is 4.98 Å². The van der Waals surface area contributed by atoms with E-state index in [1.807, 2.05) is 12.1 Å². The first-order chi connectivity index (χ1) is 14.3. The molecular formula is C21H21N5S3. The number of nitrogens with one attached hydrogen (secondary N) is 1. The summed E-state index contributed by atoms with van der Waals surface area (Å²) < 4.78 is 2.35. The van der Waals surface area contributed by atoms with E-state index in [2.05, 4.69) is 62.0 Å². The van der Waals surface area contributed by atoms with Crippen molar-refractivity contribution in [3.8, 4) is 0 Å². The molecule has 3 aromatic heterocycles. The van der Waals surface area contributed by atoms with E-state index in [-0.39, 0.29) is 0 Å². The van der Waals surface area contributed by atoms with Gasteiger partial charge in [0, 0.05) is 34.2 Å². The van der Waals surface area contributed by atoms with Gasteiger partial charge in [-0.3, -0.25) is 0 Å². The second-order valence-electron chi connectivity index (χ2n) is 7.13. The van der Waals surface area contributed by atoms with Gasteiger partial charge >= 0.3 is 0 Å². The molecule has 0 amide bonds. The highest BCUT2D eigenvalue weighted by Crippen LogP contribution is 2.40. The van der Waals surface area contributed by atoms with Gasteiger partial charge in [0.15, 0.2) is 10.3 Å². The van der Waals surface area contributed by atoms with Crippen molar-refractivity contribution >= 4 is 45.3 Å². The number of hydrogen-bond acceptors (Lipinski definition) is 7. The van der Waals surface area contributed by atoms with Crippen LogP contribution in [-0.2, 0) is 12.2 Å². The summed E-state index contributed by atoms with van der Waals surface area (Å²) in [5.74, 6) is 1.88. The van der Waals surface area contributed by atoms with E-state index in [0.717, 1.165) is 39.7 Å². The average Bonchev–Trinajstić information content (AvgIpc) is 3.10. The standard InChI is InChI=1S/C21H21N5S3/c1-14-5-2-3-7-18(14)23-20-22-15(12-28-20)13-29-21-25-24-19(26(21)16-8-9-16)11-17-6-4-10-27-17/h2-7,10,12,16H,8-9,11,13H2,1H3,(H,22,23). The fourth-order valence-electron chi connectivity index (χ4n) is 3.19. The highest BCUT2D eigenvalue weighted by molar-refractivity contribution is 7.98. The molecule has 5 nitrogen and oxygen atoms in total. The molecule has 0 spiro atoms. The topological polar surface area (TPSA) is 55.6 Å². The third kappa shape index (κ3) is 4.39. The summed E-state index contributed by atoms with van der Waals surface area (Å²) in [7, 11) is 0. The van der Waals surface area contributed by atoms with Crippen molar-refractivity contribution in [2.75, 3.05) is 5.32 Å². The normalized spacial score (nSPS) is 13.7. The highest BCUT2D eigenvalue weighted by atomic mass is 32.2. The average molecular weight is 440 g/mol. The van der Waals surface area contributed by atoms with Crippen LogP contribution in [0, 0.1) is 6.92 Å². The van der Waals surface area contributed by atoms with Crippen molar-refractivity contribution in [1.29, 1.82) is 0 Å². The Balaban J connectivity index is 1.27. The third-order valence-corrected chi connectivity index (χ3v) is 7.51. The number of benzene rings is 1. The van der Waals surface area contributed by atoms with Crippen molar-refractivity contribution in [3.05, 3.63) is 69.1 Å². The molecule has 0 bridgehead atoms. The van der Waals surface area contributed by atoms with Crippen molar-refractivity contribution in [3.63, 3.8) is 0 Å². The molecule has 0 unspecified atom stereocenters. The molecule has 148 valence electrons. The van der Waals surface area contributed by atoms with Gasteiger partial charge in [0.05, 0.1) is 5.69 Å². The number of thiazole rings is 1. The molecule has 1 aliphatic carbocycles. The summed E-state index contributed by atoms with van der Waals surface area (Å²) in [5, 5.41) is 18.6. The van der Waals surface area contributed by atoms with Crippen LogP contribution in [0.2, 0.25) is 0 Å². The summed E-state index contributed by atoms with van der Waals surface area (Å²) in [6, 6.07) is 13.1. The zero-order valence-electron chi connectivity index (χ0n) is 16.0. The molecular weight excluding hydrogens is 418 g/mol. The van der Waals surface area contributed by atoms with Crippen molar-refractivity contribution in [2.45, 2.75) is 43.1 Å². The van der Waals surface area contributed by atoms with Crippen LogP contribution in [0.3, 0.4) is 0 Å². The van der Waals surface area contributed by atoms with E-state index in [1.165, 1.54) is 23.3 Å². The predicted molar refractivity (Wildman–Crippen MR) is 122 cm³/mol. The second kappa shape index (κ2) is 8.30. The number of anilines is 2. The van der Waals surface area contributed by atoms with Gasteiger partial charge in [-0.2, -0.15) is 0 Å². The summed E-state index contributed by atoms with van der Waals surface area (Å²) in [6.45, 7) is 2.10. The van der Waals surface area contributed by atoms with Gasteiger partial charge in [0.2, 0.25) is 0 Å². The smallest absolute Gasteiger partial charge is 0.191 e. The maximum atomic E-state index is 4.75. The number of aryl methyl sites for hydroxylation is 1. The maximum absolute atomic E-state index is 4.75. The molecule has 4 aromatic rings. The molecule has 1 fully saturated rings. The number of para-hydroxylation sites is 1. The fourth-order valence-corrected chi connectivity index (χ4v) is 5.64. The molecule has 1 aromatic carbocycles. The lowest BCUT2D eigenvalue weighted by Gasteiger charge is -2.07. The quantitative estimate of drug-likeness (QED) is 0.338. The first-order valence-electron chi connectivity index (χ1n) is 9.62. The number of aromatic nitrogens is 4. The minimum absolute atomic E-state index is 0.566. The third-order valence-electron chi connectivity index (χ3n) is 4.85. The van der Waals surface area contributed by atoms with E-state index in [9.17, 15) is 0 Å². The van der Waals surface area contributed by atoms with Crippen LogP contribution < -0.4 is 5.32 Å². The number of nitrogens with zero attached hydrogens (tertiary/aromatic N) is 4. The Bertz CT molecular complexity index is 1100. The van der Waals surface area contributed by atoms with Crippen LogP contribution in [0.15, 0.2) is 52.3 Å². The van der Waals surface area contributed by atoms with Gasteiger partial charge in [-0.1, -0.05) is 36.0 Å². The SMILES string of the molecule is Cc1ccccc1Nc1nc(CSc2nnc(Cc3cccs3)n2C2CC2)cs1. The summed E-state index contributed by atoms with van der Waals surface area (Å²) in [6.07, 6.45) is 3.32. The highest BCUT2D eigenvalue weighted by Gasteiger charge is 2.29. The lowest BCUT2D eigenvalue weighted by molar-refractivity contribution is 0.635. The summed E-state index contributed by atoms with van der Waals surface area (Å²) in [4.78, 5) is 6.09. The van der Waals surface area contributed by atoms with Crippen molar-refractivity contribution in [2.24, 2.45) is 0 Å². The number of thiophene rings is 1. The summed E-state index contributed by atoms with van der Waals surface area (Å²) >= 11 is 5.15. The van der Waals surface area contributed by atoms with E-state index in [4.69, 9.17) is 4.98 Å². The zero-order chi connectivity index (χ0) is 19.6. The first-order valence-corrected chi connectivity index (χ1v) is 12.4. The minimum Gasteiger partial charge on any atom is -0.331 e. The van der Waals surface area contributed by atoms with E-state index < -0.39 is 0 Å². The number of thioether (sulfide) groups is 1. The van der Waals surface area contributed by atoms with Gasteiger partial charge < -0.3 is 9.88 Å². The molecule has 1 N–H and O–H groups in total. The zero-order valence-corrected chi connectivity index (χ0v) is 18.5. The van der Waals surface area contributed by atoms with E-state index in [1.54, 1.807) is 34.4 Å². The predicted octanol–water partition coefficient (Wildman–Crippen LogP) is 6.07. The second-order valence-corrected chi connectivity index (χ2v) is 9.96. The van der Waals surface area contributed by atoms with E-state index in [0.29, 0.717) is 6.04 Å². The fraction of sp³-hybridized carbons (Fsp3) is 0.286. The molecule has 0 radical (unpaired) electrons. The maximum Gasteiger partial charge on any atom is 0.191 e. The van der Waals surface area contributed by atoms with Crippen LogP contribution >= 0.6 is 34.4 Å². The van der Waals surface area contributed by atoms with Gasteiger partial charge in [0.25, 0.3) is 0 Å². The van der Waals surface area contributed by atoms with Crippen molar-refractivity contribution < 1.29 is 0 Å². The van der Waals surface area contributed by atoms with Gasteiger partial charge in [0.1, 0.15) is 5.82 Å². The number of rotatable bonds is 8. The Morgan fingerprint density at radius 3 is 2.83 bits per heavy atom. The largest absolute Gasteiger partial charge is 0.331 e. The number of hydrogen-bond donors (Lipinski definition) is 1.